The van der Waals surface area contributed by atoms with Crippen LogP contribution in [0, 0.1) is 0 Å². The van der Waals surface area contributed by atoms with Gasteiger partial charge in [0, 0.05) is 13.1 Å². The third-order valence-electron chi connectivity index (χ3n) is 3.61. The van der Waals surface area contributed by atoms with Gasteiger partial charge in [-0.1, -0.05) is 23.7 Å². The normalized spacial score (nSPS) is 19.0. The van der Waals surface area contributed by atoms with E-state index in [1.165, 1.54) is 0 Å². The maximum Gasteiger partial charge on any atom is 0.138 e. The van der Waals surface area contributed by atoms with E-state index in [9.17, 15) is 0 Å². The molecule has 0 amide bonds. The summed E-state index contributed by atoms with van der Waals surface area (Å²) in [7, 11) is 0. The van der Waals surface area contributed by atoms with Crippen molar-refractivity contribution in [2.24, 2.45) is 0 Å². The van der Waals surface area contributed by atoms with Gasteiger partial charge in [0.2, 0.25) is 0 Å². The lowest BCUT2D eigenvalue weighted by Gasteiger charge is -2.16. The molecule has 0 radical (unpaired) electrons. The molecule has 1 N–H and O–H groups in total. The van der Waals surface area contributed by atoms with Crippen LogP contribution in [0.1, 0.15) is 17.9 Å². The van der Waals surface area contributed by atoms with Crippen molar-refractivity contribution in [3.8, 4) is 5.75 Å². The molecule has 0 bridgehead atoms. The molecular formula is C16H18ClNO3. The molecule has 3 rings (SSSR count). The first kappa shape index (κ1) is 14.4. The van der Waals surface area contributed by atoms with E-state index < -0.39 is 0 Å². The van der Waals surface area contributed by atoms with Crippen molar-refractivity contribution in [3.05, 3.63) is 52.9 Å². The minimum atomic E-state index is -0.0573. The number of furan rings is 1. The Morgan fingerprint density at radius 1 is 1.24 bits per heavy atom. The van der Waals surface area contributed by atoms with E-state index in [0.29, 0.717) is 10.8 Å². The second-order valence-corrected chi connectivity index (χ2v) is 5.63. The molecule has 1 saturated heterocycles. The summed E-state index contributed by atoms with van der Waals surface area (Å²) in [4.78, 5) is 2.28. The van der Waals surface area contributed by atoms with E-state index in [1.807, 2.05) is 36.4 Å². The molecule has 2 heterocycles. The second-order valence-electron chi connectivity index (χ2n) is 5.22. The van der Waals surface area contributed by atoms with Crippen molar-refractivity contribution in [2.45, 2.75) is 25.7 Å². The average molecular weight is 308 g/mol. The van der Waals surface area contributed by atoms with Gasteiger partial charge in [-0.05, 0) is 30.7 Å². The molecule has 4 nitrogen and oxygen atoms in total. The molecule has 5 heteroatoms. The van der Waals surface area contributed by atoms with Gasteiger partial charge >= 0.3 is 0 Å². The summed E-state index contributed by atoms with van der Waals surface area (Å²) >= 11 is 6.11. The van der Waals surface area contributed by atoms with Crippen molar-refractivity contribution in [2.75, 3.05) is 13.1 Å². The Kier molecular flexibility index (Phi) is 4.48. The molecule has 1 aliphatic rings. The van der Waals surface area contributed by atoms with Crippen LogP contribution in [0.2, 0.25) is 5.02 Å². The highest BCUT2D eigenvalue weighted by atomic mass is 35.5. The number of benzene rings is 1. The molecule has 1 aliphatic heterocycles. The van der Waals surface area contributed by atoms with E-state index in [0.717, 1.165) is 37.6 Å². The van der Waals surface area contributed by atoms with Gasteiger partial charge in [0.05, 0.1) is 11.6 Å². The summed E-state index contributed by atoms with van der Waals surface area (Å²) in [5, 5.41) is 9.65. The molecule has 0 aliphatic carbocycles. The number of aliphatic hydroxyl groups excluding tert-OH is 1. The molecule has 0 unspecified atom stereocenters. The quantitative estimate of drug-likeness (QED) is 0.922. The molecule has 1 aromatic carbocycles. The number of likely N-dealkylation sites (tertiary alicyclic amines) is 1. The first-order chi connectivity index (χ1) is 10.2. The largest absolute Gasteiger partial charge is 0.487 e. The lowest BCUT2D eigenvalue weighted by molar-refractivity contribution is 0.191. The van der Waals surface area contributed by atoms with Crippen LogP contribution in [0.25, 0.3) is 0 Å². The van der Waals surface area contributed by atoms with Crippen LogP contribution < -0.4 is 4.74 Å². The van der Waals surface area contributed by atoms with E-state index in [1.54, 1.807) is 0 Å². The minimum absolute atomic E-state index is 0.0573. The number of hydrogen-bond acceptors (Lipinski definition) is 4. The summed E-state index contributed by atoms with van der Waals surface area (Å²) in [6.07, 6.45) is 1.12. The molecule has 21 heavy (non-hydrogen) atoms. The van der Waals surface area contributed by atoms with Crippen LogP contribution >= 0.6 is 11.6 Å². The van der Waals surface area contributed by atoms with Gasteiger partial charge in [0.1, 0.15) is 30.0 Å². The van der Waals surface area contributed by atoms with Crippen molar-refractivity contribution in [1.29, 1.82) is 0 Å². The molecule has 112 valence electrons. The van der Waals surface area contributed by atoms with E-state index >= 15 is 0 Å². The average Bonchev–Trinajstić information content (AvgIpc) is 3.11. The van der Waals surface area contributed by atoms with Gasteiger partial charge in [-0.25, -0.2) is 0 Å². The Hall–Kier alpha value is -1.49. The Morgan fingerprint density at radius 3 is 2.81 bits per heavy atom. The SMILES string of the molecule is OCc1ccc(CN2CC[C@@H](Oc3ccccc3Cl)C2)o1. The van der Waals surface area contributed by atoms with Crippen LogP contribution in [-0.2, 0) is 13.2 Å². The van der Waals surface area contributed by atoms with Crippen molar-refractivity contribution in [3.63, 3.8) is 0 Å². The maximum atomic E-state index is 9.00. The molecule has 0 saturated carbocycles. The van der Waals surface area contributed by atoms with Gasteiger partial charge in [-0.3, -0.25) is 4.90 Å². The maximum absolute atomic E-state index is 9.00. The van der Waals surface area contributed by atoms with Gasteiger partial charge in [-0.2, -0.15) is 0 Å². The van der Waals surface area contributed by atoms with E-state index in [4.69, 9.17) is 25.9 Å². The molecular weight excluding hydrogens is 290 g/mol. The van der Waals surface area contributed by atoms with Crippen LogP contribution in [0.3, 0.4) is 0 Å². The molecule has 1 aromatic heterocycles. The number of nitrogens with zero attached hydrogens (tertiary/aromatic N) is 1. The fourth-order valence-corrected chi connectivity index (χ4v) is 2.75. The Labute approximate surface area is 128 Å². The van der Waals surface area contributed by atoms with Crippen LogP contribution in [-0.4, -0.2) is 29.2 Å². The standard InChI is InChI=1S/C16H18ClNO3/c17-15-3-1-2-4-16(15)21-13-7-8-18(10-13)9-12-5-6-14(11-19)20-12/h1-6,13,19H,7-11H2/t13-/m1/s1. The summed E-state index contributed by atoms with van der Waals surface area (Å²) in [5.41, 5.74) is 0. The van der Waals surface area contributed by atoms with Gasteiger partial charge < -0.3 is 14.3 Å². The van der Waals surface area contributed by atoms with Gasteiger partial charge in [0.25, 0.3) is 0 Å². The van der Waals surface area contributed by atoms with Gasteiger partial charge in [0.15, 0.2) is 0 Å². The van der Waals surface area contributed by atoms with Crippen molar-refractivity contribution < 1.29 is 14.3 Å². The second kappa shape index (κ2) is 6.52. The van der Waals surface area contributed by atoms with Crippen molar-refractivity contribution in [1.82, 2.24) is 4.90 Å². The lowest BCUT2D eigenvalue weighted by atomic mass is 10.3. The predicted octanol–water partition coefficient (Wildman–Crippen LogP) is 3.08. The molecule has 0 spiro atoms. The fourth-order valence-electron chi connectivity index (χ4n) is 2.57. The Balaban J connectivity index is 1.54. The van der Waals surface area contributed by atoms with Crippen LogP contribution in [0.15, 0.2) is 40.8 Å². The Bertz CT molecular complexity index is 599. The first-order valence-electron chi connectivity index (χ1n) is 7.06. The monoisotopic (exact) mass is 307 g/mol. The zero-order valence-corrected chi connectivity index (χ0v) is 12.4. The first-order valence-corrected chi connectivity index (χ1v) is 7.44. The summed E-state index contributed by atoms with van der Waals surface area (Å²) in [5.74, 6) is 2.22. The fraction of sp³-hybridized carbons (Fsp3) is 0.375. The third kappa shape index (κ3) is 3.59. The number of halogens is 1. The highest BCUT2D eigenvalue weighted by molar-refractivity contribution is 6.32. The smallest absolute Gasteiger partial charge is 0.138 e. The summed E-state index contributed by atoms with van der Waals surface area (Å²) < 4.78 is 11.5. The zero-order chi connectivity index (χ0) is 14.7. The number of aliphatic hydroxyl groups is 1. The summed E-state index contributed by atoms with van der Waals surface area (Å²) in [6.45, 7) is 2.49. The highest BCUT2D eigenvalue weighted by Crippen LogP contribution is 2.27. The van der Waals surface area contributed by atoms with Gasteiger partial charge in [-0.15, -0.1) is 0 Å². The number of rotatable bonds is 5. The lowest BCUT2D eigenvalue weighted by Crippen LogP contribution is -2.24. The molecule has 2 aromatic rings. The number of hydrogen-bond donors (Lipinski definition) is 1. The molecule has 1 atom stereocenters. The van der Waals surface area contributed by atoms with E-state index in [2.05, 4.69) is 4.90 Å². The van der Waals surface area contributed by atoms with E-state index in [-0.39, 0.29) is 12.7 Å². The van der Waals surface area contributed by atoms with Crippen LogP contribution in [0.5, 0.6) is 5.75 Å². The Morgan fingerprint density at radius 2 is 2.05 bits per heavy atom. The predicted molar refractivity (Wildman–Crippen MR) is 80.4 cm³/mol. The molecule has 1 fully saturated rings. The number of ether oxygens (including phenoxy) is 1. The van der Waals surface area contributed by atoms with Crippen LogP contribution in [0.4, 0.5) is 0 Å². The summed E-state index contributed by atoms with van der Waals surface area (Å²) in [6, 6.07) is 11.3. The zero-order valence-electron chi connectivity index (χ0n) is 11.7. The van der Waals surface area contributed by atoms with Crippen molar-refractivity contribution >= 4 is 11.6 Å². The minimum Gasteiger partial charge on any atom is -0.487 e. The topological polar surface area (TPSA) is 45.8 Å². The third-order valence-corrected chi connectivity index (χ3v) is 3.92. The highest BCUT2D eigenvalue weighted by Gasteiger charge is 2.25. The number of para-hydroxylation sites is 1.